The molecule has 17 heavy (non-hydrogen) atoms. The van der Waals surface area contributed by atoms with Crippen LogP contribution in [-0.2, 0) is 6.54 Å². The molecule has 1 rings (SSSR count). The molecule has 5 heteroatoms. The fraction of sp³-hybridized carbons (Fsp3) is 0.750. The minimum atomic E-state index is 0.457. The van der Waals surface area contributed by atoms with Crippen molar-refractivity contribution >= 4 is 23.3 Å². The van der Waals surface area contributed by atoms with Crippen LogP contribution in [0.3, 0.4) is 0 Å². The Kier molecular flexibility index (Phi) is 5.18. The van der Waals surface area contributed by atoms with Gasteiger partial charge < -0.3 is 10.6 Å². The lowest BCUT2D eigenvalue weighted by atomic mass is 10.3. The summed E-state index contributed by atoms with van der Waals surface area (Å²) in [6, 6.07) is 0.457. The highest BCUT2D eigenvalue weighted by atomic mass is 32.2. The number of rotatable bonds is 6. The summed E-state index contributed by atoms with van der Waals surface area (Å²) in [6.07, 6.45) is 3.20. The summed E-state index contributed by atoms with van der Waals surface area (Å²) in [4.78, 5) is 2.24. The van der Waals surface area contributed by atoms with E-state index in [1.807, 2.05) is 23.4 Å². The van der Waals surface area contributed by atoms with Crippen LogP contribution in [0.2, 0.25) is 0 Å². The van der Waals surface area contributed by atoms with Gasteiger partial charge in [0.15, 0.2) is 5.82 Å². The van der Waals surface area contributed by atoms with Crippen LogP contribution in [0.4, 0.5) is 11.5 Å². The van der Waals surface area contributed by atoms with E-state index in [1.165, 1.54) is 0 Å². The van der Waals surface area contributed by atoms with Gasteiger partial charge in [0.25, 0.3) is 0 Å². The molecule has 0 aromatic carbocycles. The third kappa shape index (κ3) is 3.09. The summed E-state index contributed by atoms with van der Waals surface area (Å²) in [5.74, 6) is 2.15. The molecule has 0 bridgehead atoms. The van der Waals surface area contributed by atoms with Gasteiger partial charge in [-0.25, -0.2) is 4.68 Å². The van der Waals surface area contributed by atoms with Crippen molar-refractivity contribution in [1.82, 2.24) is 9.78 Å². The Morgan fingerprint density at radius 1 is 1.53 bits per heavy atom. The molecule has 2 N–H and O–H groups in total. The van der Waals surface area contributed by atoms with E-state index in [0.29, 0.717) is 6.04 Å². The maximum atomic E-state index is 6.14. The number of nitrogens with zero attached hydrogens (tertiary/aromatic N) is 3. The fourth-order valence-corrected chi connectivity index (χ4v) is 2.59. The largest absolute Gasteiger partial charge is 0.394 e. The van der Waals surface area contributed by atoms with Crippen molar-refractivity contribution in [2.75, 3.05) is 29.7 Å². The number of anilines is 2. The molecule has 4 nitrogen and oxygen atoms in total. The van der Waals surface area contributed by atoms with Gasteiger partial charge in [0.1, 0.15) is 0 Å². The summed E-state index contributed by atoms with van der Waals surface area (Å²) in [5, 5.41) is 4.51. The Balaban J connectivity index is 3.01. The number of hydrogen-bond acceptors (Lipinski definition) is 4. The van der Waals surface area contributed by atoms with Crippen molar-refractivity contribution in [3.8, 4) is 0 Å². The fourth-order valence-electron chi connectivity index (χ4n) is 1.88. The van der Waals surface area contributed by atoms with Crippen LogP contribution in [0.1, 0.15) is 26.0 Å². The minimum Gasteiger partial charge on any atom is -0.394 e. The lowest BCUT2D eigenvalue weighted by molar-refractivity contribution is 0.582. The Bertz CT molecular complexity index is 362. The van der Waals surface area contributed by atoms with Gasteiger partial charge >= 0.3 is 0 Å². The molecule has 0 radical (unpaired) electrons. The highest BCUT2D eigenvalue weighted by Crippen LogP contribution is 2.27. The minimum absolute atomic E-state index is 0.457. The Hall–Kier alpha value is -0.840. The Labute approximate surface area is 109 Å². The van der Waals surface area contributed by atoms with Gasteiger partial charge in [-0.2, -0.15) is 16.9 Å². The molecule has 0 aliphatic carbocycles. The van der Waals surface area contributed by atoms with E-state index in [-0.39, 0.29) is 0 Å². The average Bonchev–Trinajstić information content (AvgIpc) is 2.55. The molecule has 0 saturated heterocycles. The maximum Gasteiger partial charge on any atom is 0.150 e. The first-order valence-electron chi connectivity index (χ1n) is 6.07. The van der Waals surface area contributed by atoms with E-state index in [0.717, 1.165) is 35.9 Å². The second-order valence-electron chi connectivity index (χ2n) is 4.46. The predicted octanol–water partition coefficient (Wildman–Crippen LogP) is 2.37. The van der Waals surface area contributed by atoms with Gasteiger partial charge in [-0.05, 0) is 26.5 Å². The first-order valence-corrected chi connectivity index (χ1v) is 7.46. The lowest BCUT2D eigenvalue weighted by Gasteiger charge is -2.27. The number of aryl methyl sites for hydroxylation is 2. The first-order chi connectivity index (χ1) is 8.02. The highest BCUT2D eigenvalue weighted by Gasteiger charge is 2.19. The SMILES string of the molecule is CCCn1nc(C)c(N)c1N(C)C(C)CSC. The monoisotopic (exact) mass is 256 g/mol. The first kappa shape index (κ1) is 14.2. The van der Waals surface area contributed by atoms with Crippen molar-refractivity contribution in [3.05, 3.63) is 5.69 Å². The number of nitrogens with two attached hydrogens (primary N) is 1. The van der Waals surface area contributed by atoms with E-state index in [1.54, 1.807) is 0 Å². The second-order valence-corrected chi connectivity index (χ2v) is 5.37. The molecule has 1 aromatic rings. The van der Waals surface area contributed by atoms with E-state index in [4.69, 9.17) is 5.73 Å². The summed E-state index contributed by atoms with van der Waals surface area (Å²) < 4.78 is 2.03. The molecule has 1 aromatic heterocycles. The lowest BCUT2D eigenvalue weighted by Crippen LogP contribution is -2.33. The molecule has 1 heterocycles. The highest BCUT2D eigenvalue weighted by molar-refractivity contribution is 7.98. The van der Waals surface area contributed by atoms with Gasteiger partial charge in [-0.1, -0.05) is 6.92 Å². The molecule has 0 spiro atoms. The third-order valence-electron chi connectivity index (χ3n) is 2.98. The zero-order chi connectivity index (χ0) is 13.0. The van der Waals surface area contributed by atoms with Crippen LogP contribution < -0.4 is 10.6 Å². The quantitative estimate of drug-likeness (QED) is 0.849. The molecular formula is C12H24N4S. The number of thioether (sulfide) groups is 1. The van der Waals surface area contributed by atoms with Crippen LogP contribution in [0.25, 0.3) is 0 Å². The third-order valence-corrected chi connectivity index (χ3v) is 3.80. The second kappa shape index (κ2) is 6.19. The van der Waals surface area contributed by atoms with E-state index >= 15 is 0 Å². The molecule has 0 aliphatic rings. The van der Waals surface area contributed by atoms with Gasteiger partial charge in [-0.15, -0.1) is 0 Å². The van der Waals surface area contributed by atoms with Gasteiger partial charge in [0.05, 0.1) is 11.4 Å². The van der Waals surface area contributed by atoms with Crippen LogP contribution in [-0.4, -0.2) is 34.9 Å². The predicted molar refractivity (Wildman–Crippen MR) is 77.9 cm³/mol. The van der Waals surface area contributed by atoms with Crippen molar-refractivity contribution < 1.29 is 0 Å². The van der Waals surface area contributed by atoms with Crippen LogP contribution in [0.5, 0.6) is 0 Å². The molecular weight excluding hydrogens is 232 g/mol. The maximum absolute atomic E-state index is 6.14. The number of nitrogen functional groups attached to an aromatic ring is 1. The van der Waals surface area contributed by atoms with E-state index in [9.17, 15) is 0 Å². The Morgan fingerprint density at radius 3 is 2.71 bits per heavy atom. The molecule has 0 fully saturated rings. The van der Waals surface area contributed by atoms with Gasteiger partial charge in [0, 0.05) is 25.4 Å². The summed E-state index contributed by atoms with van der Waals surface area (Å²) in [7, 11) is 2.10. The van der Waals surface area contributed by atoms with Crippen molar-refractivity contribution in [2.24, 2.45) is 0 Å². The van der Waals surface area contributed by atoms with Crippen molar-refractivity contribution in [2.45, 2.75) is 39.8 Å². The molecule has 0 amide bonds. The molecule has 1 atom stereocenters. The smallest absolute Gasteiger partial charge is 0.150 e. The summed E-state index contributed by atoms with van der Waals surface area (Å²) in [5.41, 5.74) is 7.88. The van der Waals surface area contributed by atoms with Gasteiger partial charge in [-0.3, -0.25) is 0 Å². The van der Waals surface area contributed by atoms with E-state index < -0.39 is 0 Å². The number of hydrogen-bond donors (Lipinski definition) is 1. The molecule has 0 aliphatic heterocycles. The zero-order valence-electron chi connectivity index (χ0n) is 11.5. The van der Waals surface area contributed by atoms with Crippen LogP contribution in [0, 0.1) is 6.92 Å². The summed E-state index contributed by atoms with van der Waals surface area (Å²) in [6.45, 7) is 7.26. The van der Waals surface area contributed by atoms with Crippen LogP contribution in [0.15, 0.2) is 0 Å². The average molecular weight is 256 g/mol. The van der Waals surface area contributed by atoms with Crippen LogP contribution >= 0.6 is 11.8 Å². The summed E-state index contributed by atoms with van der Waals surface area (Å²) >= 11 is 1.85. The normalized spacial score (nSPS) is 12.8. The molecule has 0 saturated carbocycles. The molecule has 1 unspecified atom stereocenters. The van der Waals surface area contributed by atoms with E-state index in [2.05, 4.69) is 37.1 Å². The number of aromatic nitrogens is 2. The zero-order valence-corrected chi connectivity index (χ0v) is 12.3. The van der Waals surface area contributed by atoms with Gasteiger partial charge in [0.2, 0.25) is 0 Å². The Morgan fingerprint density at radius 2 is 2.18 bits per heavy atom. The molecule has 98 valence electrons. The standard InChI is InChI=1S/C12H24N4S/c1-6-7-16-12(11(13)10(3)14-16)15(4)9(2)8-17-5/h9H,6-8,13H2,1-5H3. The van der Waals surface area contributed by atoms with Crippen molar-refractivity contribution in [3.63, 3.8) is 0 Å². The topological polar surface area (TPSA) is 47.1 Å². The van der Waals surface area contributed by atoms with Crippen molar-refractivity contribution in [1.29, 1.82) is 0 Å².